The number of carboxylic acid groups (broad SMARTS) is 2. The zero-order chi connectivity index (χ0) is 16.4. The van der Waals surface area contributed by atoms with Gasteiger partial charge in [0.1, 0.15) is 0 Å². The standard InChI is InChI=1S/2C8H16O2.Cd/c2*1-4-8(5-2,6-3)7(9)10;/h2*4-6H2,1-3H3,(H,9,10);. The molecule has 0 aliphatic rings. The van der Waals surface area contributed by atoms with Crippen molar-refractivity contribution < 1.29 is 47.1 Å². The van der Waals surface area contributed by atoms with Crippen LogP contribution < -0.4 is 0 Å². The zero-order valence-electron chi connectivity index (χ0n) is 14.7. The quantitative estimate of drug-likeness (QED) is 0.585. The topological polar surface area (TPSA) is 74.6 Å². The molecule has 0 aromatic rings. The van der Waals surface area contributed by atoms with Gasteiger partial charge in [0.05, 0.1) is 10.8 Å². The molecule has 0 spiro atoms. The Morgan fingerprint density at radius 3 is 0.762 bits per heavy atom. The first-order valence-electron chi connectivity index (χ1n) is 7.72. The van der Waals surface area contributed by atoms with Crippen molar-refractivity contribution in [1.29, 1.82) is 0 Å². The smallest absolute Gasteiger partial charge is 0.309 e. The SMILES string of the molecule is CCC(CC)(CC)C(=O)O.CCC(CC)(CC)C(=O)O.[Cd]. The van der Waals surface area contributed by atoms with Gasteiger partial charge in [-0.1, -0.05) is 41.5 Å². The first-order chi connectivity index (χ1) is 9.25. The van der Waals surface area contributed by atoms with E-state index in [1.807, 2.05) is 41.5 Å². The molecule has 0 aliphatic heterocycles. The Kier molecular flexibility index (Phi) is 15.2. The van der Waals surface area contributed by atoms with Crippen LogP contribution in [0, 0.1) is 10.8 Å². The summed E-state index contributed by atoms with van der Waals surface area (Å²) in [5.74, 6) is -1.31. The number of hydrogen-bond donors (Lipinski definition) is 2. The van der Waals surface area contributed by atoms with Gasteiger partial charge in [-0.3, -0.25) is 9.59 Å². The molecule has 0 bridgehead atoms. The minimum Gasteiger partial charge on any atom is -0.481 e. The van der Waals surface area contributed by atoms with Crippen LogP contribution in [-0.2, 0) is 36.9 Å². The van der Waals surface area contributed by atoms with Crippen molar-refractivity contribution >= 4 is 11.9 Å². The zero-order valence-corrected chi connectivity index (χ0v) is 18.7. The van der Waals surface area contributed by atoms with E-state index >= 15 is 0 Å². The average Bonchev–Trinajstić information content (AvgIpc) is 2.44. The van der Waals surface area contributed by atoms with E-state index in [0.29, 0.717) is 0 Å². The molecule has 0 aromatic carbocycles. The molecule has 122 valence electrons. The number of carbonyl (C=O) groups is 2. The normalized spacial score (nSPS) is 11.0. The van der Waals surface area contributed by atoms with Crippen LogP contribution in [0.15, 0.2) is 0 Å². The molecule has 0 saturated carbocycles. The molecule has 0 radical (unpaired) electrons. The van der Waals surface area contributed by atoms with Gasteiger partial charge in [-0.25, -0.2) is 0 Å². The molecule has 0 amide bonds. The monoisotopic (exact) mass is 402 g/mol. The summed E-state index contributed by atoms with van der Waals surface area (Å²) in [6.07, 6.45) is 4.39. The van der Waals surface area contributed by atoms with Crippen LogP contribution in [0.1, 0.15) is 80.1 Å². The Balaban J connectivity index is -0.000000295. The predicted octanol–water partition coefficient (Wildman–Crippen LogP) is 4.57. The van der Waals surface area contributed by atoms with Crippen LogP contribution in [0.4, 0.5) is 0 Å². The number of aliphatic carboxylic acids is 2. The van der Waals surface area contributed by atoms with Crippen molar-refractivity contribution in [3.05, 3.63) is 0 Å². The Hall–Kier alpha value is -0.138. The van der Waals surface area contributed by atoms with Crippen LogP contribution in [0.3, 0.4) is 0 Å². The maximum Gasteiger partial charge on any atom is 0.309 e. The van der Waals surface area contributed by atoms with Gasteiger partial charge in [-0.15, -0.1) is 0 Å². The maximum absolute atomic E-state index is 10.7. The van der Waals surface area contributed by atoms with Crippen molar-refractivity contribution in [2.75, 3.05) is 0 Å². The van der Waals surface area contributed by atoms with Gasteiger partial charge in [0.25, 0.3) is 0 Å². The van der Waals surface area contributed by atoms with E-state index in [0.717, 1.165) is 38.5 Å². The molecule has 0 unspecified atom stereocenters. The first kappa shape index (κ1) is 25.8. The molecule has 5 heteroatoms. The Morgan fingerprint density at radius 1 is 0.619 bits per heavy atom. The van der Waals surface area contributed by atoms with Crippen molar-refractivity contribution in [3.8, 4) is 0 Å². The summed E-state index contributed by atoms with van der Waals surface area (Å²) in [6, 6.07) is 0. The second-order valence-corrected chi connectivity index (χ2v) is 5.29. The van der Waals surface area contributed by atoms with Crippen LogP contribution in [0.2, 0.25) is 0 Å². The molecule has 2 N–H and O–H groups in total. The van der Waals surface area contributed by atoms with Crippen molar-refractivity contribution in [3.63, 3.8) is 0 Å². The van der Waals surface area contributed by atoms with Gasteiger partial charge in [0.2, 0.25) is 0 Å². The Morgan fingerprint density at radius 2 is 0.762 bits per heavy atom. The van der Waals surface area contributed by atoms with Gasteiger partial charge < -0.3 is 10.2 Å². The third-order valence-electron chi connectivity index (χ3n) is 4.97. The van der Waals surface area contributed by atoms with Gasteiger partial charge in [-0.2, -0.15) is 0 Å². The molecule has 0 saturated heterocycles. The predicted molar refractivity (Wildman–Crippen MR) is 81.9 cm³/mol. The molecule has 0 atom stereocenters. The fraction of sp³-hybridized carbons (Fsp3) is 0.875. The fourth-order valence-corrected chi connectivity index (χ4v) is 2.41. The summed E-state index contributed by atoms with van der Waals surface area (Å²) in [6.45, 7) is 11.6. The number of rotatable bonds is 8. The molecule has 21 heavy (non-hydrogen) atoms. The summed E-state index contributed by atoms with van der Waals surface area (Å²) in [5, 5.41) is 17.6. The molecular formula is C16H32CdO4. The van der Waals surface area contributed by atoms with Gasteiger partial charge in [-0.05, 0) is 38.5 Å². The van der Waals surface area contributed by atoms with E-state index in [1.54, 1.807) is 0 Å². The third-order valence-corrected chi connectivity index (χ3v) is 4.97. The summed E-state index contributed by atoms with van der Waals surface area (Å²) in [4.78, 5) is 21.4. The second kappa shape index (κ2) is 12.4. The van der Waals surface area contributed by atoms with Crippen LogP contribution in [0.5, 0.6) is 0 Å². The number of carboxylic acids is 2. The maximum atomic E-state index is 10.7. The van der Waals surface area contributed by atoms with Crippen molar-refractivity contribution in [1.82, 2.24) is 0 Å². The van der Waals surface area contributed by atoms with E-state index < -0.39 is 22.8 Å². The van der Waals surface area contributed by atoms with Crippen molar-refractivity contribution in [2.45, 2.75) is 80.1 Å². The van der Waals surface area contributed by atoms with E-state index in [-0.39, 0.29) is 27.3 Å². The summed E-state index contributed by atoms with van der Waals surface area (Å²) < 4.78 is 0. The Labute approximate surface area is 149 Å². The van der Waals surface area contributed by atoms with Crippen LogP contribution in [0.25, 0.3) is 0 Å². The van der Waals surface area contributed by atoms with E-state index in [2.05, 4.69) is 0 Å². The van der Waals surface area contributed by atoms with Crippen molar-refractivity contribution in [2.24, 2.45) is 10.8 Å². The van der Waals surface area contributed by atoms with Gasteiger partial charge in [0, 0.05) is 27.3 Å². The third kappa shape index (κ3) is 7.11. The molecule has 0 aromatic heterocycles. The van der Waals surface area contributed by atoms with Gasteiger partial charge in [0.15, 0.2) is 0 Å². The number of hydrogen-bond acceptors (Lipinski definition) is 2. The Bertz CT molecular complexity index is 248. The molecule has 0 heterocycles. The minimum atomic E-state index is -0.653. The molecule has 0 fully saturated rings. The molecule has 0 aliphatic carbocycles. The largest absolute Gasteiger partial charge is 0.481 e. The summed E-state index contributed by atoms with van der Waals surface area (Å²) in [5.41, 5.74) is -0.917. The fourth-order valence-electron chi connectivity index (χ4n) is 2.41. The average molecular weight is 401 g/mol. The summed E-state index contributed by atoms with van der Waals surface area (Å²) in [7, 11) is 0. The van der Waals surface area contributed by atoms with Crippen LogP contribution in [-0.4, -0.2) is 22.2 Å². The van der Waals surface area contributed by atoms with Gasteiger partial charge >= 0.3 is 11.9 Å². The molecule has 4 nitrogen and oxygen atoms in total. The minimum absolute atomic E-state index is 0. The second-order valence-electron chi connectivity index (χ2n) is 5.29. The molecular weight excluding hydrogens is 369 g/mol. The molecule has 0 rings (SSSR count). The van der Waals surface area contributed by atoms with E-state index in [4.69, 9.17) is 10.2 Å². The van der Waals surface area contributed by atoms with Crippen LogP contribution >= 0.6 is 0 Å². The van der Waals surface area contributed by atoms with E-state index in [1.165, 1.54) is 0 Å². The summed E-state index contributed by atoms with van der Waals surface area (Å²) >= 11 is 0. The van der Waals surface area contributed by atoms with E-state index in [9.17, 15) is 9.59 Å². The first-order valence-corrected chi connectivity index (χ1v) is 7.72.